The molecular formula is C13H17ClF2N2O. The number of benzene rings is 1. The number of anilines is 1. The van der Waals surface area contributed by atoms with Gasteiger partial charge in [-0.25, -0.2) is 8.78 Å². The number of halogens is 3. The third kappa shape index (κ3) is 3.42. The van der Waals surface area contributed by atoms with E-state index in [2.05, 4.69) is 10.6 Å². The molecule has 1 amide bonds. The summed E-state index contributed by atoms with van der Waals surface area (Å²) in [6.45, 7) is 2.71. The molecule has 3 nitrogen and oxygen atoms in total. The third-order valence-electron chi connectivity index (χ3n) is 3.40. The van der Waals surface area contributed by atoms with Crippen molar-refractivity contribution in [1.29, 1.82) is 0 Å². The highest BCUT2D eigenvalue weighted by atomic mass is 35.5. The van der Waals surface area contributed by atoms with Crippen LogP contribution in [0.25, 0.3) is 0 Å². The minimum absolute atomic E-state index is 0. The fraction of sp³-hybridized carbons (Fsp3) is 0.462. The fourth-order valence-electron chi connectivity index (χ4n) is 2.34. The van der Waals surface area contributed by atoms with Gasteiger partial charge in [-0.2, -0.15) is 0 Å². The molecule has 0 spiro atoms. The van der Waals surface area contributed by atoms with Crippen LogP contribution in [0.2, 0.25) is 0 Å². The van der Waals surface area contributed by atoms with Crippen LogP contribution in [0.4, 0.5) is 14.5 Å². The topological polar surface area (TPSA) is 41.1 Å². The van der Waals surface area contributed by atoms with Gasteiger partial charge in [0.2, 0.25) is 5.91 Å². The maximum atomic E-state index is 13.0. The maximum Gasteiger partial charge on any atom is 0.244 e. The molecule has 6 heteroatoms. The zero-order valence-corrected chi connectivity index (χ0v) is 11.4. The van der Waals surface area contributed by atoms with E-state index < -0.39 is 17.2 Å². The number of nitrogens with one attached hydrogen (secondary N) is 2. The van der Waals surface area contributed by atoms with Crippen molar-refractivity contribution in [2.45, 2.75) is 31.7 Å². The molecule has 0 aliphatic carbocycles. The number of hydrogen-bond acceptors (Lipinski definition) is 2. The Kier molecular flexibility index (Phi) is 5.26. The largest absolute Gasteiger partial charge is 0.324 e. The Bertz CT molecular complexity index is 442. The summed E-state index contributed by atoms with van der Waals surface area (Å²) in [6.07, 6.45) is 2.32. The van der Waals surface area contributed by atoms with E-state index in [1.165, 1.54) is 0 Å². The normalized spacial score (nSPS) is 21.8. The molecule has 2 rings (SSSR count). The first kappa shape index (κ1) is 15.9. The van der Waals surface area contributed by atoms with E-state index in [1.807, 2.05) is 6.92 Å². The zero-order chi connectivity index (χ0) is 13.2. The Morgan fingerprint density at radius 3 is 2.47 bits per heavy atom. The van der Waals surface area contributed by atoms with E-state index in [1.54, 1.807) is 0 Å². The molecule has 0 aromatic heterocycles. The van der Waals surface area contributed by atoms with Crippen molar-refractivity contribution in [2.75, 3.05) is 11.9 Å². The van der Waals surface area contributed by atoms with Gasteiger partial charge in [0.25, 0.3) is 0 Å². The van der Waals surface area contributed by atoms with Crippen LogP contribution >= 0.6 is 12.4 Å². The molecular weight excluding hydrogens is 274 g/mol. The van der Waals surface area contributed by atoms with Crippen LogP contribution in [-0.2, 0) is 4.79 Å². The Hall–Kier alpha value is -1.20. The molecule has 1 aromatic rings. The molecule has 0 radical (unpaired) electrons. The van der Waals surface area contributed by atoms with Crippen molar-refractivity contribution in [1.82, 2.24) is 5.32 Å². The predicted molar refractivity (Wildman–Crippen MR) is 72.5 cm³/mol. The number of carbonyl (C=O) groups is 1. The molecule has 2 N–H and O–H groups in total. The molecule has 1 aromatic carbocycles. The Morgan fingerprint density at radius 1 is 1.37 bits per heavy atom. The van der Waals surface area contributed by atoms with Crippen LogP contribution in [0.3, 0.4) is 0 Å². The second-order valence-corrected chi connectivity index (χ2v) is 4.58. The summed E-state index contributed by atoms with van der Waals surface area (Å²) in [5.74, 6) is -1.63. The molecule has 0 bridgehead atoms. The molecule has 106 valence electrons. The molecule has 0 saturated carbocycles. The van der Waals surface area contributed by atoms with Gasteiger partial charge in [0.1, 0.15) is 11.6 Å². The lowest BCUT2D eigenvalue weighted by Gasteiger charge is -2.26. The lowest BCUT2D eigenvalue weighted by molar-refractivity contribution is -0.122. The summed E-state index contributed by atoms with van der Waals surface area (Å²) in [5, 5.41) is 5.75. The van der Waals surface area contributed by atoms with Crippen molar-refractivity contribution < 1.29 is 13.6 Å². The Labute approximate surface area is 117 Å². The summed E-state index contributed by atoms with van der Waals surface area (Å²) < 4.78 is 26.1. The molecule has 1 heterocycles. The molecule has 1 aliphatic rings. The molecule has 1 aliphatic heterocycles. The SMILES string of the molecule is CCC1(C(=O)Nc2cc(F)cc(F)c2)CCCN1.Cl. The second kappa shape index (κ2) is 6.30. The van der Waals surface area contributed by atoms with Crippen LogP contribution in [0.15, 0.2) is 18.2 Å². The second-order valence-electron chi connectivity index (χ2n) is 4.58. The van der Waals surface area contributed by atoms with Crippen LogP contribution in [0, 0.1) is 11.6 Å². The zero-order valence-electron chi connectivity index (χ0n) is 10.6. The first-order valence-electron chi connectivity index (χ1n) is 6.08. The van der Waals surface area contributed by atoms with Crippen molar-refractivity contribution in [2.24, 2.45) is 0 Å². The first-order valence-corrected chi connectivity index (χ1v) is 6.08. The Balaban J connectivity index is 0.00000180. The molecule has 1 unspecified atom stereocenters. The van der Waals surface area contributed by atoms with E-state index >= 15 is 0 Å². The molecule has 1 saturated heterocycles. The first-order chi connectivity index (χ1) is 8.55. The summed E-state index contributed by atoms with van der Waals surface area (Å²) in [4.78, 5) is 12.2. The highest BCUT2D eigenvalue weighted by Gasteiger charge is 2.39. The average molecular weight is 291 g/mol. The quantitative estimate of drug-likeness (QED) is 0.899. The van der Waals surface area contributed by atoms with Gasteiger partial charge in [-0.15, -0.1) is 12.4 Å². The van der Waals surface area contributed by atoms with Gasteiger partial charge < -0.3 is 10.6 Å². The van der Waals surface area contributed by atoms with Gasteiger partial charge in [-0.05, 0) is 37.9 Å². The minimum atomic E-state index is -0.699. The summed E-state index contributed by atoms with van der Waals surface area (Å²) in [6, 6.07) is 3.00. The van der Waals surface area contributed by atoms with E-state index in [0.717, 1.165) is 37.6 Å². The van der Waals surface area contributed by atoms with E-state index in [-0.39, 0.29) is 24.0 Å². The van der Waals surface area contributed by atoms with Gasteiger partial charge in [-0.1, -0.05) is 6.92 Å². The summed E-state index contributed by atoms with van der Waals surface area (Å²) >= 11 is 0. The summed E-state index contributed by atoms with van der Waals surface area (Å²) in [7, 11) is 0. The fourth-order valence-corrected chi connectivity index (χ4v) is 2.34. The number of amides is 1. The van der Waals surface area contributed by atoms with Crippen LogP contribution < -0.4 is 10.6 Å². The minimum Gasteiger partial charge on any atom is -0.324 e. The van der Waals surface area contributed by atoms with Crippen molar-refractivity contribution in [3.8, 4) is 0 Å². The lowest BCUT2D eigenvalue weighted by atomic mass is 9.93. The standard InChI is InChI=1S/C13H16F2N2O.ClH/c1-2-13(4-3-5-16-13)12(18)17-11-7-9(14)6-10(15)8-11;/h6-8,16H,2-5H2,1H3,(H,17,18);1H. The predicted octanol–water partition coefficient (Wildman–Crippen LogP) is 2.86. The van der Waals surface area contributed by atoms with Crippen molar-refractivity contribution in [3.63, 3.8) is 0 Å². The van der Waals surface area contributed by atoms with Gasteiger partial charge >= 0.3 is 0 Å². The number of rotatable bonds is 3. The highest BCUT2D eigenvalue weighted by Crippen LogP contribution is 2.25. The van der Waals surface area contributed by atoms with Gasteiger partial charge in [0, 0.05) is 11.8 Å². The van der Waals surface area contributed by atoms with Crippen LogP contribution in [0.5, 0.6) is 0 Å². The highest BCUT2D eigenvalue weighted by molar-refractivity contribution is 5.98. The van der Waals surface area contributed by atoms with Crippen LogP contribution in [-0.4, -0.2) is 18.0 Å². The number of carbonyl (C=O) groups excluding carboxylic acids is 1. The maximum absolute atomic E-state index is 13.0. The molecule has 1 fully saturated rings. The van der Waals surface area contributed by atoms with Crippen molar-refractivity contribution in [3.05, 3.63) is 29.8 Å². The van der Waals surface area contributed by atoms with Gasteiger partial charge in [0.05, 0.1) is 5.54 Å². The lowest BCUT2D eigenvalue weighted by Crippen LogP contribution is -2.50. The van der Waals surface area contributed by atoms with Crippen LogP contribution in [0.1, 0.15) is 26.2 Å². The average Bonchev–Trinajstić information content (AvgIpc) is 2.77. The monoisotopic (exact) mass is 290 g/mol. The van der Waals surface area contributed by atoms with E-state index in [4.69, 9.17) is 0 Å². The van der Waals surface area contributed by atoms with Crippen molar-refractivity contribution >= 4 is 24.0 Å². The number of hydrogen-bond donors (Lipinski definition) is 2. The molecule has 1 atom stereocenters. The van der Waals surface area contributed by atoms with Gasteiger partial charge in [-0.3, -0.25) is 4.79 Å². The van der Waals surface area contributed by atoms with E-state index in [0.29, 0.717) is 6.42 Å². The van der Waals surface area contributed by atoms with Gasteiger partial charge in [0.15, 0.2) is 0 Å². The smallest absolute Gasteiger partial charge is 0.244 e. The Morgan fingerprint density at radius 2 is 2.00 bits per heavy atom. The third-order valence-corrected chi connectivity index (χ3v) is 3.40. The van der Waals surface area contributed by atoms with E-state index in [9.17, 15) is 13.6 Å². The molecule has 19 heavy (non-hydrogen) atoms. The summed E-state index contributed by atoms with van der Waals surface area (Å²) in [5.41, 5.74) is -0.456.